The maximum atomic E-state index is 12.1. The van der Waals surface area contributed by atoms with Crippen LogP contribution in [0.2, 0.25) is 0 Å². The van der Waals surface area contributed by atoms with Gasteiger partial charge in [-0.05, 0) is 30.9 Å². The maximum Gasteiger partial charge on any atom is 0.223 e. The molecule has 0 spiro atoms. The third-order valence-electron chi connectivity index (χ3n) is 2.95. The quantitative estimate of drug-likeness (QED) is 0.782. The zero-order valence-electron chi connectivity index (χ0n) is 10.6. The number of nitrogens with zero attached hydrogens (tertiary/aromatic N) is 2. The molecular weight excluding hydrogens is 212 g/mol. The Bertz CT molecular complexity index is 371. The van der Waals surface area contributed by atoms with E-state index in [1.165, 1.54) is 0 Å². The highest BCUT2D eigenvalue weighted by Crippen LogP contribution is 2.29. The fourth-order valence-corrected chi connectivity index (χ4v) is 1.94. The predicted octanol–water partition coefficient (Wildman–Crippen LogP) is 2.62. The third-order valence-corrected chi connectivity index (χ3v) is 2.95. The Morgan fingerprint density at radius 3 is 2.76 bits per heavy atom. The topological polar surface area (TPSA) is 33.2 Å². The Balaban J connectivity index is 2.00. The van der Waals surface area contributed by atoms with E-state index in [9.17, 15) is 4.79 Å². The van der Waals surface area contributed by atoms with Crippen LogP contribution in [-0.4, -0.2) is 21.8 Å². The number of pyridine rings is 1. The highest BCUT2D eigenvalue weighted by Gasteiger charge is 2.32. The average molecular weight is 232 g/mol. The first kappa shape index (κ1) is 12.1. The van der Waals surface area contributed by atoms with E-state index >= 15 is 0 Å². The summed E-state index contributed by atoms with van der Waals surface area (Å²) >= 11 is 0. The van der Waals surface area contributed by atoms with E-state index in [1.54, 1.807) is 6.20 Å². The van der Waals surface area contributed by atoms with Crippen LogP contribution in [0, 0.1) is 5.92 Å². The van der Waals surface area contributed by atoms with Crippen LogP contribution in [-0.2, 0) is 11.3 Å². The maximum absolute atomic E-state index is 12.1. The van der Waals surface area contributed by atoms with Gasteiger partial charge in [-0.15, -0.1) is 0 Å². The molecule has 3 heteroatoms. The first-order valence-corrected chi connectivity index (χ1v) is 6.36. The molecule has 1 aliphatic rings. The van der Waals surface area contributed by atoms with E-state index in [-0.39, 0.29) is 5.91 Å². The van der Waals surface area contributed by atoms with Crippen molar-refractivity contribution in [2.75, 3.05) is 0 Å². The molecule has 0 saturated heterocycles. The minimum atomic E-state index is 0.271. The molecule has 1 aliphatic carbocycles. The molecule has 1 saturated carbocycles. The van der Waals surface area contributed by atoms with E-state index in [2.05, 4.69) is 18.8 Å². The van der Waals surface area contributed by atoms with Crippen LogP contribution in [0.3, 0.4) is 0 Å². The van der Waals surface area contributed by atoms with Gasteiger partial charge in [0.15, 0.2) is 0 Å². The summed E-state index contributed by atoms with van der Waals surface area (Å²) in [7, 11) is 0. The van der Waals surface area contributed by atoms with Crippen molar-refractivity contribution in [3.8, 4) is 0 Å². The number of amides is 1. The van der Waals surface area contributed by atoms with Gasteiger partial charge in [0.05, 0.1) is 12.2 Å². The highest BCUT2D eigenvalue weighted by atomic mass is 16.2. The molecule has 0 aromatic carbocycles. The minimum Gasteiger partial charge on any atom is -0.334 e. The van der Waals surface area contributed by atoms with Crippen LogP contribution in [0.4, 0.5) is 0 Å². The summed E-state index contributed by atoms with van der Waals surface area (Å²) in [6, 6.07) is 6.32. The lowest BCUT2D eigenvalue weighted by atomic mass is 10.1. The van der Waals surface area contributed by atoms with Crippen molar-refractivity contribution in [2.45, 2.75) is 45.7 Å². The van der Waals surface area contributed by atoms with Crippen molar-refractivity contribution in [1.82, 2.24) is 9.88 Å². The molecule has 1 heterocycles. The normalized spacial score (nSPS) is 15.0. The van der Waals surface area contributed by atoms with Gasteiger partial charge in [0.1, 0.15) is 0 Å². The van der Waals surface area contributed by atoms with Gasteiger partial charge in [-0.25, -0.2) is 0 Å². The van der Waals surface area contributed by atoms with E-state index in [0.717, 1.165) is 18.5 Å². The first-order valence-electron chi connectivity index (χ1n) is 6.36. The molecule has 0 bridgehead atoms. The molecule has 2 rings (SSSR count). The lowest BCUT2D eigenvalue weighted by molar-refractivity contribution is -0.133. The number of aromatic nitrogens is 1. The summed E-state index contributed by atoms with van der Waals surface area (Å²) < 4.78 is 0. The lowest BCUT2D eigenvalue weighted by Crippen LogP contribution is -2.33. The van der Waals surface area contributed by atoms with Crippen LogP contribution in [0.15, 0.2) is 24.4 Å². The van der Waals surface area contributed by atoms with Crippen molar-refractivity contribution >= 4 is 5.91 Å². The standard InChI is InChI=1S/C14H20N2O/c1-11(2)9-14(17)16(13-6-7-13)10-12-5-3-4-8-15-12/h3-5,8,11,13H,6-7,9-10H2,1-2H3. The highest BCUT2D eigenvalue weighted by molar-refractivity contribution is 5.77. The molecule has 0 N–H and O–H groups in total. The van der Waals surface area contributed by atoms with Crippen LogP contribution in [0.5, 0.6) is 0 Å². The Hall–Kier alpha value is -1.38. The van der Waals surface area contributed by atoms with Crippen LogP contribution in [0.1, 0.15) is 38.8 Å². The molecule has 1 fully saturated rings. The average Bonchev–Trinajstić information content (AvgIpc) is 3.10. The zero-order chi connectivity index (χ0) is 12.3. The van der Waals surface area contributed by atoms with Crippen molar-refractivity contribution in [2.24, 2.45) is 5.92 Å². The van der Waals surface area contributed by atoms with Gasteiger partial charge < -0.3 is 4.90 Å². The summed E-state index contributed by atoms with van der Waals surface area (Å²) in [6.45, 7) is 4.84. The Labute approximate surface area is 103 Å². The number of hydrogen-bond donors (Lipinski definition) is 0. The van der Waals surface area contributed by atoms with Crippen molar-refractivity contribution in [3.63, 3.8) is 0 Å². The molecule has 0 aliphatic heterocycles. The second-order valence-electron chi connectivity index (χ2n) is 5.17. The van der Waals surface area contributed by atoms with Crippen LogP contribution in [0.25, 0.3) is 0 Å². The van der Waals surface area contributed by atoms with Gasteiger partial charge in [0, 0.05) is 18.7 Å². The smallest absolute Gasteiger partial charge is 0.223 e. The van der Waals surface area contributed by atoms with Crippen molar-refractivity contribution in [3.05, 3.63) is 30.1 Å². The largest absolute Gasteiger partial charge is 0.334 e. The van der Waals surface area contributed by atoms with Crippen molar-refractivity contribution in [1.29, 1.82) is 0 Å². The van der Waals surface area contributed by atoms with E-state index in [1.807, 2.05) is 23.1 Å². The predicted molar refractivity (Wildman–Crippen MR) is 67.3 cm³/mol. The molecule has 1 aromatic rings. The van der Waals surface area contributed by atoms with E-state index < -0.39 is 0 Å². The van der Waals surface area contributed by atoms with E-state index in [0.29, 0.717) is 24.9 Å². The summed E-state index contributed by atoms with van der Waals surface area (Å²) in [5.74, 6) is 0.695. The molecule has 17 heavy (non-hydrogen) atoms. The Morgan fingerprint density at radius 2 is 2.24 bits per heavy atom. The van der Waals surface area contributed by atoms with Gasteiger partial charge in [-0.1, -0.05) is 19.9 Å². The van der Waals surface area contributed by atoms with E-state index in [4.69, 9.17) is 0 Å². The SMILES string of the molecule is CC(C)CC(=O)N(Cc1ccccn1)C1CC1. The lowest BCUT2D eigenvalue weighted by Gasteiger charge is -2.23. The first-order chi connectivity index (χ1) is 8.16. The van der Waals surface area contributed by atoms with Gasteiger partial charge in [0.2, 0.25) is 5.91 Å². The second-order valence-corrected chi connectivity index (χ2v) is 5.17. The zero-order valence-corrected chi connectivity index (χ0v) is 10.6. The number of carbonyl (C=O) groups excluding carboxylic acids is 1. The number of carbonyl (C=O) groups is 1. The minimum absolute atomic E-state index is 0.271. The molecule has 3 nitrogen and oxygen atoms in total. The van der Waals surface area contributed by atoms with Crippen LogP contribution < -0.4 is 0 Å². The summed E-state index contributed by atoms with van der Waals surface area (Å²) in [5.41, 5.74) is 0.983. The molecular formula is C14H20N2O. The van der Waals surface area contributed by atoms with Gasteiger partial charge in [-0.3, -0.25) is 9.78 Å². The fourth-order valence-electron chi connectivity index (χ4n) is 1.94. The van der Waals surface area contributed by atoms with Crippen LogP contribution >= 0.6 is 0 Å². The molecule has 92 valence electrons. The molecule has 1 amide bonds. The monoisotopic (exact) mass is 232 g/mol. The molecule has 0 unspecified atom stereocenters. The number of rotatable bonds is 5. The fraction of sp³-hybridized carbons (Fsp3) is 0.571. The Kier molecular flexibility index (Phi) is 3.77. The third kappa shape index (κ3) is 3.55. The summed E-state index contributed by atoms with van der Waals surface area (Å²) in [6.07, 6.45) is 4.73. The molecule has 1 aromatic heterocycles. The summed E-state index contributed by atoms with van der Waals surface area (Å²) in [5, 5.41) is 0. The molecule has 0 atom stereocenters. The van der Waals surface area contributed by atoms with Gasteiger partial charge in [0.25, 0.3) is 0 Å². The summed E-state index contributed by atoms with van der Waals surface area (Å²) in [4.78, 5) is 18.4. The van der Waals surface area contributed by atoms with Gasteiger partial charge >= 0.3 is 0 Å². The second kappa shape index (κ2) is 5.30. The van der Waals surface area contributed by atoms with Crippen molar-refractivity contribution < 1.29 is 4.79 Å². The Morgan fingerprint density at radius 1 is 1.47 bits per heavy atom. The number of hydrogen-bond acceptors (Lipinski definition) is 2. The molecule has 0 radical (unpaired) electrons. The van der Waals surface area contributed by atoms with Gasteiger partial charge in [-0.2, -0.15) is 0 Å².